The van der Waals surface area contributed by atoms with Gasteiger partial charge in [0.15, 0.2) is 0 Å². The zero-order valence-corrected chi connectivity index (χ0v) is 15.0. The average molecular weight is 362 g/mol. The van der Waals surface area contributed by atoms with Crippen LogP contribution >= 0.6 is 0 Å². The Morgan fingerprint density at radius 3 is 2.96 bits per heavy atom. The standard InChI is InChI=1S/C20H22N6O/c27-20(24-19-8-1-2-10-21-19)18-7-3-6-17(23-18)15-5-4-12-26(13-15)14-16-9-11-22-25-16/h1-3,6-11,15H,4-5,12-14H2,(H,22,25)(H,21,24,27)/t15-/m0/s1. The first-order chi connectivity index (χ1) is 13.3. The number of pyridine rings is 2. The van der Waals surface area contributed by atoms with Crippen molar-refractivity contribution in [3.05, 3.63) is 71.9 Å². The van der Waals surface area contributed by atoms with Crippen LogP contribution < -0.4 is 5.32 Å². The summed E-state index contributed by atoms with van der Waals surface area (Å²) >= 11 is 0. The molecule has 7 heteroatoms. The molecule has 0 aromatic carbocycles. The van der Waals surface area contributed by atoms with Crippen molar-refractivity contribution < 1.29 is 4.79 Å². The summed E-state index contributed by atoms with van der Waals surface area (Å²) in [4.78, 5) is 23.7. The van der Waals surface area contributed by atoms with E-state index in [0.717, 1.165) is 43.9 Å². The molecule has 4 heterocycles. The van der Waals surface area contributed by atoms with Crippen molar-refractivity contribution in [1.82, 2.24) is 25.1 Å². The second-order valence-corrected chi connectivity index (χ2v) is 6.77. The Bertz CT molecular complexity index is 881. The monoisotopic (exact) mass is 362 g/mol. The van der Waals surface area contributed by atoms with E-state index in [4.69, 9.17) is 0 Å². The number of aromatic amines is 1. The van der Waals surface area contributed by atoms with E-state index in [1.165, 1.54) is 0 Å². The SMILES string of the molecule is O=C(Nc1ccccn1)c1cccc([C@H]2CCCN(Cc3ccn[nH]3)C2)n1. The van der Waals surface area contributed by atoms with Crippen LogP contribution in [-0.4, -0.2) is 44.1 Å². The number of likely N-dealkylation sites (tertiary alicyclic amines) is 1. The molecule has 138 valence electrons. The number of nitrogens with zero attached hydrogens (tertiary/aromatic N) is 4. The molecular weight excluding hydrogens is 340 g/mol. The van der Waals surface area contributed by atoms with Gasteiger partial charge in [-0.05, 0) is 49.7 Å². The molecule has 3 aromatic heterocycles. The first-order valence-corrected chi connectivity index (χ1v) is 9.18. The van der Waals surface area contributed by atoms with E-state index in [9.17, 15) is 4.79 Å². The zero-order chi connectivity index (χ0) is 18.5. The van der Waals surface area contributed by atoms with Crippen LogP contribution in [-0.2, 0) is 6.54 Å². The summed E-state index contributed by atoms with van der Waals surface area (Å²) in [5, 5.41) is 9.83. The summed E-state index contributed by atoms with van der Waals surface area (Å²) in [5.41, 5.74) is 2.51. The third-order valence-electron chi connectivity index (χ3n) is 4.79. The third-order valence-corrected chi connectivity index (χ3v) is 4.79. The molecule has 1 amide bonds. The minimum Gasteiger partial charge on any atom is -0.305 e. The van der Waals surface area contributed by atoms with Crippen molar-refractivity contribution in [3.8, 4) is 0 Å². The molecule has 0 spiro atoms. The highest BCUT2D eigenvalue weighted by molar-refractivity contribution is 6.02. The van der Waals surface area contributed by atoms with Gasteiger partial charge in [-0.3, -0.25) is 14.8 Å². The topological polar surface area (TPSA) is 86.8 Å². The number of nitrogens with one attached hydrogen (secondary N) is 2. The maximum absolute atomic E-state index is 12.5. The Balaban J connectivity index is 1.44. The summed E-state index contributed by atoms with van der Waals surface area (Å²) in [7, 11) is 0. The van der Waals surface area contributed by atoms with E-state index >= 15 is 0 Å². The smallest absolute Gasteiger partial charge is 0.275 e. The second kappa shape index (κ2) is 8.09. The van der Waals surface area contributed by atoms with Gasteiger partial charge in [-0.25, -0.2) is 9.97 Å². The minimum atomic E-state index is -0.235. The van der Waals surface area contributed by atoms with Gasteiger partial charge in [-0.2, -0.15) is 5.10 Å². The van der Waals surface area contributed by atoms with Gasteiger partial charge < -0.3 is 5.32 Å². The molecule has 1 atom stereocenters. The highest BCUT2D eigenvalue weighted by atomic mass is 16.1. The third kappa shape index (κ3) is 4.38. The largest absolute Gasteiger partial charge is 0.305 e. The molecule has 1 saturated heterocycles. The number of rotatable bonds is 5. The van der Waals surface area contributed by atoms with Crippen molar-refractivity contribution in [1.29, 1.82) is 0 Å². The number of carbonyl (C=O) groups excluding carboxylic acids is 1. The van der Waals surface area contributed by atoms with Gasteiger partial charge in [-0.1, -0.05) is 12.1 Å². The molecule has 1 aliphatic heterocycles. The number of anilines is 1. The zero-order valence-electron chi connectivity index (χ0n) is 15.0. The van der Waals surface area contributed by atoms with Gasteiger partial charge in [0.1, 0.15) is 11.5 Å². The molecule has 0 radical (unpaired) electrons. The highest BCUT2D eigenvalue weighted by Crippen LogP contribution is 2.26. The average Bonchev–Trinajstić information content (AvgIpc) is 3.22. The minimum absolute atomic E-state index is 0.235. The van der Waals surface area contributed by atoms with Crippen LogP contribution in [0.3, 0.4) is 0 Å². The summed E-state index contributed by atoms with van der Waals surface area (Å²) < 4.78 is 0. The molecule has 3 aromatic rings. The number of hydrogen-bond donors (Lipinski definition) is 2. The van der Waals surface area contributed by atoms with Crippen LogP contribution in [0.25, 0.3) is 0 Å². The fourth-order valence-electron chi connectivity index (χ4n) is 3.48. The normalized spacial score (nSPS) is 17.6. The number of carbonyl (C=O) groups is 1. The lowest BCUT2D eigenvalue weighted by Gasteiger charge is -2.32. The fraction of sp³-hybridized carbons (Fsp3) is 0.300. The van der Waals surface area contributed by atoms with E-state index in [2.05, 4.69) is 30.4 Å². The van der Waals surface area contributed by atoms with E-state index in [1.54, 1.807) is 24.5 Å². The van der Waals surface area contributed by atoms with Crippen molar-refractivity contribution in [2.75, 3.05) is 18.4 Å². The number of hydrogen-bond acceptors (Lipinski definition) is 5. The van der Waals surface area contributed by atoms with E-state index in [-0.39, 0.29) is 5.91 Å². The Hall–Kier alpha value is -3.06. The van der Waals surface area contributed by atoms with Crippen LogP contribution in [0.4, 0.5) is 5.82 Å². The van der Waals surface area contributed by atoms with Crippen molar-refractivity contribution in [3.63, 3.8) is 0 Å². The molecule has 0 bridgehead atoms. The highest BCUT2D eigenvalue weighted by Gasteiger charge is 2.23. The van der Waals surface area contributed by atoms with Crippen LogP contribution in [0, 0.1) is 0 Å². The van der Waals surface area contributed by atoms with Gasteiger partial charge in [-0.15, -0.1) is 0 Å². The van der Waals surface area contributed by atoms with Gasteiger partial charge in [0.25, 0.3) is 5.91 Å². The number of H-pyrrole nitrogens is 1. The van der Waals surface area contributed by atoms with E-state index < -0.39 is 0 Å². The Kier molecular flexibility index (Phi) is 5.20. The van der Waals surface area contributed by atoms with E-state index in [0.29, 0.717) is 17.4 Å². The van der Waals surface area contributed by atoms with Crippen molar-refractivity contribution in [2.24, 2.45) is 0 Å². The Morgan fingerprint density at radius 1 is 1.19 bits per heavy atom. The fourth-order valence-corrected chi connectivity index (χ4v) is 3.48. The molecule has 7 nitrogen and oxygen atoms in total. The first kappa shape index (κ1) is 17.4. The van der Waals surface area contributed by atoms with Gasteiger partial charge in [0, 0.05) is 42.8 Å². The molecular formula is C20H22N6O. The molecule has 0 aliphatic carbocycles. The lowest BCUT2D eigenvalue weighted by Crippen LogP contribution is -2.34. The predicted molar refractivity (Wildman–Crippen MR) is 102 cm³/mol. The quantitative estimate of drug-likeness (QED) is 0.729. The van der Waals surface area contributed by atoms with E-state index in [1.807, 2.05) is 30.3 Å². The Morgan fingerprint density at radius 2 is 2.15 bits per heavy atom. The Labute approximate surface area is 157 Å². The summed E-state index contributed by atoms with van der Waals surface area (Å²) in [6.45, 7) is 2.85. The van der Waals surface area contributed by atoms with Crippen LogP contribution in [0.5, 0.6) is 0 Å². The lowest BCUT2D eigenvalue weighted by molar-refractivity contribution is 0.102. The number of aromatic nitrogens is 4. The van der Waals surface area contributed by atoms with Crippen LogP contribution in [0.15, 0.2) is 54.9 Å². The summed E-state index contributed by atoms with van der Waals surface area (Å²) in [5.74, 6) is 0.614. The molecule has 1 aliphatic rings. The van der Waals surface area contributed by atoms with Crippen LogP contribution in [0.2, 0.25) is 0 Å². The molecule has 1 fully saturated rings. The van der Waals surface area contributed by atoms with Gasteiger partial charge in [0.2, 0.25) is 0 Å². The first-order valence-electron chi connectivity index (χ1n) is 9.18. The lowest BCUT2D eigenvalue weighted by atomic mass is 9.94. The molecule has 4 rings (SSSR count). The maximum Gasteiger partial charge on any atom is 0.275 e. The second-order valence-electron chi connectivity index (χ2n) is 6.77. The maximum atomic E-state index is 12.5. The molecule has 0 saturated carbocycles. The number of amides is 1. The summed E-state index contributed by atoms with van der Waals surface area (Å²) in [6.07, 6.45) is 5.63. The van der Waals surface area contributed by atoms with Crippen molar-refractivity contribution >= 4 is 11.7 Å². The number of piperidine rings is 1. The van der Waals surface area contributed by atoms with Crippen LogP contribution in [0.1, 0.15) is 40.6 Å². The molecule has 27 heavy (non-hydrogen) atoms. The molecule has 2 N–H and O–H groups in total. The predicted octanol–water partition coefficient (Wildman–Crippen LogP) is 2.83. The summed E-state index contributed by atoms with van der Waals surface area (Å²) in [6, 6.07) is 13.1. The molecule has 0 unspecified atom stereocenters. The van der Waals surface area contributed by atoms with Gasteiger partial charge in [0.05, 0.1) is 0 Å². The van der Waals surface area contributed by atoms with Gasteiger partial charge >= 0.3 is 0 Å². The van der Waals surface area contributed by atoms with Crippen molar-refractivity contribution in [2.45, 2.75) is 25.3 Å².